The fraction of sp³-hybridized carbons (Fsp3) is 0.174. The van der Waals surface area contributed by atoms with Gasteiger partial charge in [0.05, 0.1) is 11.3 Å². The molecule has 1 aliphatic heterocycles. The zero-order valence-corrected chi connectivity index (χ0v) is 18.0. The van der Waals surface area contributed by atoms with Crippen LogP contribution in [0.2, 0.25) is 0 Å². The van der Waals surface area contributed by atoms with Crippen LogP contribution in [0.5, 0.6) is 0 Å². The molecule has 0 atom stereocenters. The molecule has 152 valence electrons. The Bertz CT molecular complexity index is 1200. The minimum Gasteiger partial charge on any atom is -0.481 e. The van der Waals surface area contributed by atoms with Crippen LogP contribution >= 0.6 is 24.0 Å². The van der Waals surface area contributed by atoms with Crippen molar-refractivity contribution in [1.82, 2.24) is 9.47 Å². The van der Waals surface area contributed by atoms with Crippen LogP contribution in [0.4, 0.5) is 0 Å². The second-order valence-electron chi connectivity index (χ2n) is 7.20. The fourth-order valence-corrected chi connectivity index (χ4v) is 4.87. The van der Waals surface area contributed by atoms with Crippen LogP contribution < -0.4 is 0 Å². The van der Waals surface area contributed by atoms with Gasteiger partial charge in [-0.3, -0.25) is 14.5 Å². The normalized spacial score (nSPS) is 15.5. The standard InChI is InChI=1S/C23H20N2O3S2/c1-15-5-4-6-16(11-15)13-24-14-17(18-7-2-3-8-19(18)24)12-20-22(28)25(23(29)30-20)10-9-21(26)27/h2-8,11-12,14H,9-10,13H2,1H3,(H,26,27)/b20-12+. The molecule has 2 aromatic carbocycles. The van der Waals surface area contributed by atoms with Crippen molar-refractivity contribution in [3.63, 3.8) is 0 Å². The lowest BCUT2D eigenvalue weighted by atomic mass is 10.1. The molecule has 0 unspecified atom stereocenters. The number of hydrogen-bond donors (Lipinski definition) is 1. The number of rotatable bonds is 6. The minimum atomic E-state index is -0.952. The van der Waals surface area contributed by atoms with E-state index < -0.39 is 5.97 Å². The average molecular weight is 437 g/mol. The number of nitrogens with zero attached hydrogens (tertiary/aromatic N) is 2. The number of thioether (sulfide) groups is 1. The molecule has 1 aromatic heterocycles. The summed E-state index contributed by atoms with van der Waals surface area (Å²) in [6.45, 7) is 2.90. The van der Waals surface area contributed by atoms with Gasteiger partial charge in [0.2, 0.25) is 0 Å². The van der Waals surface area contributed by atoms with E-state index >= 15 is 0 Å². The lowest BCUT2D eigenvalue weighted by molar-refractivity contribution is -0.137. The molecule has 1 fully saturated rings. The lowest BCUT2D eigenvalue weighted by Gasteiger charge is -2.12. The highest BCUT2D eigenvalue weighted by atomic mass is 32.2. The predicted molar refractivity (Wildman–Crippen MR) is 124 cm³/mol. The number of carboxylic acids is 1. The molecule has 0 bridgehead atoms. The van der Waals surface area contributed by atoms with Crippen molar-refractivity contribution in [2.75, 3.05) is 6.54 Å². The number of carboxylic acid groups (broad SMARTS) is 1. The molecule has 0 spiro atoms. The molecule has 7 heteroatoms. The van der Waals surface area contributed by atoms with Gasteiger partial charge in [-0.25, -0.2) is 0 Å². The van der Waals surface area contributed by atoms with Crippen molar-refractivity contribution in [2.45, 2.75) is 19.9 Å². The number of para-hydroxylation sites is 1. The van der Waals surface area contributed by atoms with Crippen LogP contribution in [-0.2, 0) is 16.1 Å². The molecule has 4 rings (SSSR count). The maximum absolute atomic E-state index is 12.8. The van der Waals surface area contributed by atoms with Gasteiger partial charge in [-0.1, -0.05) is 72.0 Å². The molecular weight excluding hydrogens is 416 g/mol. The van der Waals surface area contributed by atoms with Crippen molar-refractivity contribution in [3.8, 4) is 0 Å². The van der Waals surface area contributed by atoms with Gasteiger partial charge in [-0.05, 0) is 24.6 Å². The highest BCUT2D eigenvalue weighted by molar-refractivity contribution is 8.26. The van der Waals surface area contributed by atoms with Crippen molar-refractivity contribution >= 4 is 57.2 Å². The summed E-state index contributed by atoms with van der Waals surface area (Å²) in [4.78, 5) is 25.5. The number of benzene rings is 2. The van der Waals surface area contributed by atoms with Gasteiger partial charge in [0.1, 0.15) is 4.32 Å². The summed E-state index contributed by atoms with van der Waals surface area (Å²) in [6.07, 6.45) is 3.78. The van der Waals surface area contributed by atoms with Crippen LogP contribution in [0.15, 0.2) is 59.6 Å². The quantitative estimate of drug-likeness (QED) is 0.449. The smallest absolute Gasteiger partial charge is 0.305 e. The minimum absolute atomic E-state index is 0.0897. The second kappa shape index (κ2) is 8.45. The molecule has 1 amide bonds. The molecule has 0 radical (unpaired) electrons. The number of amides is 1. The number of aromatic nitrogens is 1. The summed E-state index contributed by atoms with van der Waals surface area (Å²) in [5.41, 5.74) is 4.46. The Morgan fingerprint density at radius 3 is 2.77 bits per heavy atom. The van der Waals surface area contributed by atoms with E-state index in [1.807, 2.05) is 24.3 Å². The first-order valence-corrected chi connectivity index (χ1v) is 10.8. The first-order valence-electron chi connectivity index (χ1n) is 9.53. The third-order valence-electron chi connectivity index (χ3n) is 4.96. The van der Waals surface area contributed by atoms with Crippen molar-refractivity contribution < 1.29 is 14.7 Å². The highest BCUT2D eigenvalue weighted by Crippen LogP contribution is 2.34. The third kappa shape index (κ3) is 4.17. The molecular formula is C23H20N2O3S2. The van der Waals surface area contributed by atoms with E-state index in [0.29, 0.717) is 9.23 Å². The van der Waals surface area contributed by atoms with Crippen LogP contribution in [0.3, 0.4) is 0 Å². The number of carbonyl (C=O) groups excluding carboxylic acids is 1. The van der Waals surface area contributed by atoms with Gasteiger partial charge in [-0.2, -0.15) is 0 Å². The topological polar surface area (TPSA) is 62.5 Å². The van der Waals surface area contributed by atoms with E-state index in [1.165, 1.54) is 27.8 Å². The Morgan fingerprint density at radius 1 is 1.20 bits per heavy atom. The number of aryl methyl sites for hydroxylation is 1. The van der Waals surface area contributed by atoms with E-state index in [9.17, 15) is 9.59 Å². The van der Waals surface area contributed by atoms with E-state index in [2.05, 4.69) is 48.0 Å². The number of fused-ring (bicyclic) bond motifs is 1. The van der Waals surface area contributed by atoms with Crippen LogP contribution in [-0.4, -0.2) is 37.3 Å². The Morgan fingerprint density at radius 2 is 2.00 bits per heavy atom. The summed E-state index contributed by atoms with van der Waals surface area (Å²) in [5.74, 6) is -1.19. The van der Waals surface area contributed by atoms with Crippen molar-refractivity contribution in [1.29, 1.82) is 0 Å². The van der Waals surface area contributed by atoms with E-state index in [0.717, 1.165) is 23.0 Å². The number of aliphatic carboxylic acids is 1. The van der Waals surface area contributed by atoms with Crippen LogP contribution in [0.1, 0.15) is 23.1 Å². The number of thiocarbonyl (C=S) groups is 1. The second-order valence-corrected chi connectivity index (χ2v) is 8.87. The molecule has 1 saturated heterocycles. The highest BCUT2D eigenvalue weighted by Gasteiger charge is 2.32. The third-order valence-corrected chi connectivity index (χ3v) is 6.34. The van der Waals surface area contributed by atoms with Crippen molar-refractivity contribution in [3.05, 3.63) is 76.3 Å². The van der Waals surface area contributed by atoms with Crippen LogP contribution in [0.25, 0.3) is 17.0 Å². The molecule has 2 heterocycles. The fourth-order valence-electron chi connectivity index (χ4n) is 3.57. The number of hydrogen-bond acceptors (Lipinski definition) is 4. The summed E-state index contributed by atoms with van der Waals surface area (Å²) >= 11 is 6.51. The molecule has 5 nitrogen and oxygen atoms in total. The van der Waals surface area contributed by atoms with E-state index in [1.54, 1.807) is 0 Å². The molecule has 0 aliphatic carbocycles. The zero-order chi connectivity index (χ0) is 21.3. The molecule has 3 aromatic rings. The first kappa shape index (κ1) is 20.4. The van der Waals surface area contributed by atoms with Gasteiger partial charge in [0, 0.05) is 35.8 Å². The molecule has 30 heavy (non-hydrogen) atoms. The van der Waals surface area contributed by atoms with Gasteiger partial charge < -0.3 is 9.67 Å². The molecule has 0 saturated carbocycles. The van der Waals surface area contributed by atoms with Gasteiger partial charge in [-0.15, -0.1) is 0 Å². The average Bonchev–Trinajstić information content (AvgIpc) is 3.18. The summed E-state index contributed by atoms with van der Waals surface area (Å²) in [6, 6.07) is 16.5. The largest absolute Gasteiger partial charge is 0.481 e. The molecule has 1 N–H and O–H groups in total. The van der Waals surface area contributed by atoms with Gasteiger partial charge >= 0.3 is 5.97 Å². The zero-order valence-electron chi connectivity index (χ0n) is 16.4. The lowest BCUT2D eigenvalue weighted by Crippen LogP contribution is -2.30. The Kier molecular flexibility index (Phi) is 5.74. The maximum atomic E-state index is 12.8. The summed E-state index contributed by atoms with van der Waals surface area (Å²) < 4.78 is 2.58. The van der Waals surface area contributed by atoms with E-state index in [-0.39, 0.29) is 18.9 Å². The van der Waals surface area contributed by atoms with Crippen LogP contribution in [0, 0.1) is 6.92 Å². The molecule has 1 aliphatic rings. The number of carbonyl (C=O) groups is 2. The predicted octanol–water partition coefficient (Wildman–Crippen LogP) is 4.67. The summed E-state index contributed by atoms with van der Waals surface area (Å²) in [7, 11) is 0. The monoisotopic (exact) mass is 436 g/mol. The van der Waals surface area contributed by atoms with Crippen molar-refractivity contribution in [2.24, 2.45) is 0 Å². The SMILES string of the molecule is Cc1cccc(Cn2cc(/C=C3/SC(=S)N(CCC(=O)O)C3=O)c3ccccc32)c1. The van der Waals surface area contributed by atoms with E-state index in [4.69, 9.17) is 17.3 Å². The Labute approximate surface area is 184 Å². The van der Waals surface area contributed by atoms with Gasteiger partial charge in [0.25, 0.3) is 5.91 Å². The first-order chi connectivity index (χ1) is 14.4. The Balaban J connectivity index is 1.67. The maximum Gasteiger partial charge on any atom is 0.305 e. The Hall–Kier alpha value is -2.90. The van der Waals surface area contributed by atoms with Gasteiger partial charge in [0.15, 0.2) is 0 Å². The summed E-state index contributed by atoms with van der Waals surface area (Å²) in [5, 5.41) is 9.96.